The van der Waals surface area contributed by atoms with E-state index in [-0.39, 0.29) is 5.92 Å². The van der Waals surface area contributed by atoms with Crippen molar-refractivity contribution in [3.63, 3.8) is 0 Å². The molecule has 27 heavy (non-hydrogen) atoms. The lowest BCUT2D eigenvalue weighted by atomic mass is 10.0. The van der Waals surface area contributed by atoms with Crippen LogP contribution in [0.25, 0.3) is 22.3 Å². The first-order chi connectivity index (χ1) is 12.7. The maximum Gasteiger partial charge on any atom is 0.244 e. The molecule has 0 saturated carbocycles. The number of hydrogen-bond acceptors (Lipinski definition) is 6. The van der Waals surface area contributed by atoms with Gasteiger partial charge in [0.2, 0.25) is 15.9 Å². The molecule has 0 fully saturated rings. The number of anilines is 1. The van der Waals surface area contributed by atoms with Crippen molar-refractivity contribution < 1.29 is 13.2 Å². The van der Waals surface area contributed by atoms with Crippen LogP contribution < -0.4 is 10.0 Å². The normalized spacial score (nSPS) is 13.2. The van der Waals surface area contributed by atoms with Crippen LogP contribution in [0.3, 0.4) is 0 Å². The maximum absolute atomic E-state index is 12.5. The smallest absolute Gasteiger partial charge is 0.244 e. The Morgan fingerprint density at radius 1 is 1.37 bits per heavy atom. The Hall–Kier alpha value is -2.30. The first-order valence-electron chi connectivity index (χ1n) is 8.39. The number of nitrogens with one attached hydrogen (secondary N) is 3. The molecular weight excluding hydrogens is 386 g/mol. The van der Waals surface area contributed by atoms with Gasteiger partial charge < -0.3 is 10.3 Å². The molecule has 1 atom stereocenters. The number of nitrogens with zero attached hydrogens (tertiary/aromatic N) is 2. The summed E-state index contributed by atoms with van der Waals surface area (Å²) in [4.78, 5) is 24.4. The third-order valence-corrected chi connectivity index (χ3v) is 5.31. The highest BCUT2D eigenvalue weighted by atomic mass is 32.2. The minimum Gasteiger partial charge on any atom is -0.345 e. The lowest BCUT2D eigenvalue weighted by Gasteiger charge is -2.18. The minimum atomic E-state index is -3.50. The molecule has 10 heteroatoms. The molecule has 0 bridgehead atoms. The molecule has 0 aliphatic heterocycles. The lowest BCUT2D eigenvalue weighted by molar-refractivity contribution is -0.118. The standard InChI is InChI=1S/C17H21N5O3S2/c1-10(2)7-13(22-27(3,24)25)16(23)21-17-20-14(9-26-17)12-8-19-15-11(12)5-4-6-18-15/h4-6,8-10,13,22H,7H2,1-3H3,(H,18,19)(H,20,21,23)/t13-/m0/s1. The van der Waals surface area contributed by atoms with Gasteiger partial charge >= 0.3 is 0 Å². The van der Waals surface area contributed by atoms with E-state index >= 15 is 0 Å². The van der Waals surface area contributed by atoms with Gasteiger partial charge in [0, 0.05) is 28.7 Å². The molecule has 0 unspecified atom stereocenters. The van der Waals surface area contributed by atoms with E-state index in [1.807, 2.05) is 37.6 Å². The number of rotatable bonds is 7. The summed E-state index contributed by atoms with van der Waals surface area (Å²) in [7, 11) is -3.50. The van der Waals surface area contributed by atoms with Gasteiger partial charge in [-0.05, 0) is 24.5 Å². The zero-order chi connectivity index (χ0) is 19.6. The van der Waals surface area contributed by atoms with E-state index in [0.717, 1.165) is 22.9 Å². The van der Waals surface area contributed by atoms with Crippen LogP contribution in [-0.4, -0.2) is 41.6 Å². The van der Waals surface area contributed by atoms with Crippen molar-refractivity contribution in [1.82, 2.24) is 19.7 Å². The van der Waals surface area contributed by atoms with Gasteiger partial charge in [-0.15, -0.1) is 11.3 Å². The number of pyridine rings is 1. The Balaban J connectivity index is 1.78. The predicted octanol–water partition coefficient (Wildman–Crippen LogP) is 2.59. The fraction of sp³-hybridized carbons (Fsp3) is 0.353. The Morgan fingerprint density at radius 3 is 2.85 bits per heavy atom. The molecule has 0 spiro atoms. The number of carbonyl (C=O) groups is 1. The summed E-state index contributed by atoms with van der Waals surface area (Å²) in [5.74, 6) is -0.267. The first kappa shape index (κ1) is 19.5. The second-order valence-electron chi connectivity index (χ2n) is 6.70. The van der Waals surface area contributed by atoms with Crippen LogP contribution in [0.1, 0.15) is 20.3 Å². The van der Waals surface area contributed by atoms with Crippen molar-refractivity contribution in [2.24, 2.45) is 5.92 Å². The molecule has 3 N–H and O–H groups in total. The fourth-order valence-corrected chi connectivity index (χ4v) is 4.19. The van der Waals surface area contributed by atoms with Gasteiger partial charge in [-0.3, -0.25) is 4.79 Å². The highest BCUT2D eigenvalue weighted by Gasteiger charge is 2.24. The van der Waals surface area contributed by atoms with Crippen molar-refractivity contribution in [3.05, 3.63) is 29.9 Å². The third kappa shape index (κ3) is 4.90. The van der Waals surface area contributed by atoms with Crippen LogP contribution in [0.2, 0.25) is 0 Å². The van der Waals surface area contributed by atoms with Crippen LogP contribution in [0.15, 0.2) is 29.9 Å². The molecule has 0 radical (unpaired) electrons. The molecule has 0 aliphatic rings. The van der Waals surface area contributed by atoms with E-state index < -0.39 is 22.0 Å². The quantitative estimate of drug-likeness (QED) is 0.556. The second-order valence-corrected chi connectivity index (χ2v) is 9.34. The van der Waals surface area contributed by atoms with Crippen LogP contribution in [0, 0.1) is 5.92 Å². The summed E-state index contributed by atoms with van der Waals surface area (Å²) in [6, 6.07) is 2.95. The Kier molecular flexibility index (Phi) is 5.59. The molecule has 3 aromatic rings. The number of amides is 1. The summed E-state index contributed by atoms with van der Waals surface area (Å²) in [6.45, 7) is 3.85. The molecule has 144 valence electrons. The van der Waals surface area contributed by atoms with Gasteiger partial charge in [-0.1, -0.05) is 13.8 Å². The van der Waals surface area contributed by atoms with Gasteiger partial charge in [0.1, 0.15) is 11.7 Å². The Labute approximate surface area is 161 Å². The Bertz CT molecular complexity index is 1060. The minimum absolute atomic E-state index is 0.153. The Morgan fingerprint density at radius 2 is 2.15 bits per heavy atom. The van der Waals surface area contributed by atoms with Crippen molar-refractivity contribution in [2.45, 2.75) is 26.3 Å². The molecule has 0 saturated heterocycles. The number of carbonyl (C=O) groups excluding carboxylic acids is 1. The fourth-order valence-electron chi connectivity index (χ4n) is 2.75. The van der Waals surface area contributed by atoms with Crippen molar-refractivity contribution in [1.29, 1.82) is 0 Å². The van der Waals surface area contributed by atoms with Crippen molar-refractivity contribution >= 4 is 43.4 Å². The number of fused-ring (bicyclic) bond motifs is 1. The van der Waals surface area contributed by atoms with Crippen LogP contribution in [0.5, 0.6) is 0 Å². The average Bonchev–Trinajstić information content (AvgIpc) is 3.18. The SMILES string of the molecule is CC(C)C[C@H](NS(C)(=O)=O)C(=O)Nc1nc(-c2c[nH]c3ncccc23)cs1. The van der Waals surface area contributed by atoms with E-state index in [2.05, 4.69) is 25.0 Å². The van der Waals surface area contributed by atoms with Crippen LogP contribution in [-0.2, 0) is 14.8 Å². The summed E-state index contributed by atoms with van der Waals surface area (Å²) in [5.41, 5.74) is 2.37. The number of thiazole rings is 1. The molecular formula is C17H21N5O3S2. The number of hydrogen-bond donors (Lipinski definition) is 3. The summed E-state index contributed by atoms with van der Waals surface area (Å²) < 4.78 is 25.5. The summed E-state index contributed by atoms with van der Waals surface area (Å²) in [6.07, 6.45) is 4.97. The number of sulfonamides is 1. The van der Waals surface area contributed by atoms with Crippen molar-refractivity contribution in [3.8, 4) is 11.3 Å². The van der Waals surface area contributed by atoms with Crippen molar-refractivity contribution in [2.75, 3.05) is 11.6 Å². The van der Waals surface area contributed by atoms with Gasteiger partial charge in [0.05, 0.1) is 11.9 Å². The zero-order valence-electron chi connectivity index (χ0n) is 15.2. The van der Waals surface area contributed by atoms with E-state index in [1.165, 1.54) is 11.3 Å². The number of aromatic amines is 1. The molecule has 0 aliphatic carbocycles. The molecule has 8 nitrogen and oxygen atoms in total. The maximum atomic E-state index is 12.5. The monoisotopic (exact) mass is 407 g/mol. The van der Waals surface area contributed by atoms with E-state index in [4.69, 9.17) is 0 Å². The van der Waals surface area contributed by atoms with Crippen LogP contribution >= 0.6 is 11.3 Å². The number of aromatic nitrogens is 3. The predicted molar refractivity (Wildman–Crippen MR) is 107 cm³/mol. The van der Waals surface area contributed by atoms with E-state index in [0.29, 0.717) is 17.2 Å². The molecule has 3 aromatic heterocycles. The van der Waals surface area contributed by atoms with E-state index in [1.54, 1.807) is 6.20 Å². The highest BCUT2D eigenvalue weighted by molar-refractivity contribution is 7.88. The van der Waals surface area contributed by atoms with Gasteiger partial charge in [-0.25, -0.2) is 23.1 Å². The molecule has 1 amide bonds. The molecule has 3 rings (SSSR count). The largest absolute Gasteiger partial charge is 0.345 e. The summed E-state index contributed by atoms with van der Waals surface area (Å²) >= 11 is 1.28. The second kappa shape index (κ2) is 7.75. The van der Waals surface area contributed by atoms with Gasteiger partial charge in [-0.2, -0.15) is 0 Å². The van der Waals surface area contributed by atoms with E-state index in [9.17, 15) is 13.2 Å². The molecule has 0 aromatic carbocycles. The summed E-state index contributed by atoms with van der Waals surface area (Å²) in [5, 5.41) is 5.91. The molecule has 3 heterocycles. The first-order valence-corrected chi connectivity index (χ1v) is 11.2. The van der Waals surface area contributed by atoms with Gasteiger partial charge in [0.25, 0.3) is 0 Å². The number of H-pyrrole nitrogens is 1. The average molecular weight is 408 g/mol. The lowest BCUT2D eigenvalue weighted by Crippen LogP contribution is -2.44. The topological polar surface area (TPSA) is 117 Å². The van der Waals surface area contributed by atoms with Gasteiger partial charge in [0.15, 0.2) is 5.13 Å². The highest BCUT2D eigenvalue weighted by Crippen LogP contribution is 2.30. The third-order valence-electron chi connectivity index (χ3n) is 3.84. The van der Waals surface area contributed by atoms with Crippen LogP contribution in [0.4, 0.5) is 5.13 Å². The zero-order valence-corrected chi connectivity index (χ0v) is 16.8.